The van der Waals surface area contributed by atoms with Gasteiger partial charge >= 0.3 is 0 Å². The van der Waals surface area contributed by atoms with Gasteiger partial charge in [0.1, 0.15) is 0 Å². The molecule has 0 aromatic carbocycles. The molecule has 2 aliphatic rings. The van der Waals surface area contributed by atoms with Crippen LogP contribution in [0.4, 0.5) is 0 Å². The van der Waals surface area contributed by atoms with Gasteiger partial charge in [0.05, 0.1) is 0 Å². The summed E-state index contributed by atoms with van der Waals surface area (Å²) in [5.74, 6) is 0.597. The summed E-state index contributed by atoms with van der Waals surface area (Å²) < 4.78 is 0. The molecule has 0 aromatic heterocycles. The van der Waals surface area contributed by atoms with Crippen molar-refractivity contribution in [3.05, 3.63) is 47.5 Å². The Labute approximate surface area is 92.3 Å². The van der Waals surface area contributed by atoms with Crippen molar-refractivity contribution >= 4 is 0 Å². The smallest absolute Gasteiger partial charge is 0.0149 e. The van der Waals surface area contributed by atoms with E-state index < -0.39 is 0 Å². The fourth-order valence-corrected chi connectivity index (χ4v) is 2.02. The van der Waals surface area contributed by atoms with Gasteiger partial charge in [0.2, 0.25) is 0 Å². The second-order valence-corrected chi connectivity index (χ2v) is 4.41. The molecule has 2 rings (SSSR count). The van der Waals surface area contributed by atoms with Crippen LogP contribution in [0.25, 0.3) is 11.1 Å². The quantitative estimate of drug-likeness (QED) is 0.667. The van der Waals surface area contributed by atoms with E-state index in [1.165, 1.54) is 22.3 Å². The standard InChI is InChI=1S/C15H18/c1-4-12-8-9-13-6-5-7-14(11(2)3)10-15(12)13/h5-11H,4H2,1-3H3. The number of fused-ring (bicyclic) bond motifs is 1. The Bertz CT molecular complexity index is 426. The Kier molecular flexibility index (Phi) is 2.77. The molecule has 0 radical (unpaired) electrons. The van der Waals surface area contributed by atoms with Crippen molar-refractivity contribution in [3.63, 3.8) is 0 Å². The van der Waals surface area contributed by atoms with Crippen LogP contribution < -0.4 is 0 Å². The van der Waals surface area contributed by atoms with Crippen LogP contribution >= 0.6 is 0 Å². The molecule has 2 aliphatic carbocycles. The van der Waals surface area contributed by atoms with Crippen molar-refractivity contribution in [2.24, 2.45) is 0 Å². The topological polar surface area (TPSA) is 0 Å². The second kappa shape index (κ2) is 4.06. The molecule has 0 spiro atoms. The first-order valence-corrected chi connectivity index (χ1v) is 5.74. The predicted octanol–water partition coefficient (Wildman–Crippen LogP) is 4.48. The van der Waals surface area contributed by atoms with E-state index in [0.717, 1.165) is 6.42 Å². The highest BCUT2D eigenvalue weighted by atomic mass is 14.1. The molecule has 0 bridgehead atoms. The molecule has 0 fully saturated rings. The number of hydrogen-bond acceptors (Lipinski definition) is 0. The van der Waals surface area contributed by atoms with Gasteiger partial charge in [0, 0.05) is 0 Å². The summed E-state index contributed by atoms with van der Waals surface area (Å²) in [5.41, 5.74) is 5.67. The maximum absolute atomic E-state index is 2.35. The summed E-state index contributed by atoms with van der Waals surface area (Å²) in [5, 5.41) is 0. The second-order valence-electron chi connectivity index (χ2n) is 4.41. The summed E-state index contributed by atoms with van der Waals surface area (Å²) >= 11 is 0. The first-order valence-electron chi connectivity index (χ1n) is 5.74. The summed E-state index contributed by atoms with van der Waals surface area (Å²) in [6.07, 6.45) is 1.12. The first-order chi connectivity index (χ1) is 7.22. The monoisotopic (exact) mass is 198 g/mol. The third-order valence-electron chi connectivity index (χ3n) is 3.04. The third-order valence-corrected chi connectivity index (χ3v) is 3.04. The van der Waals surface area contributed by atoms with Crippen molar-refractivity contribution in [1.82, 2.24) is 0 Å². The molecule has 0 atom stereocenters. The lowest BCUT2D eigenvalue weighted by atomic mass is 10.0. The highest BCUT2D eigenvalue weighted by Gasteiger charge is 2.08. The van der Waals surface area contributed by atoms with Crippen molar-refractivity contribution < 1.29 is 0 Å². The molecule has 78 valence electrons. The molecule has 0 amide bonds. The van der Waals surface area contributed by atoms with Crippen molar-refractivity contribution in [2.45, 2.75) is 33.1 Å². The van der Waals surface area contributed by atoms with E-state index in [4.69, 9.17) is 0 Å². The molecule has 0 heteroatoms. The summed E-state index contributed by atoms with van der Waals surface area (Å²) in [6, 6.07) is 13.4. The van der Waals surface area contributed by atoms with Crippen LogP contribution in [0.3, 0.4) is 0 Å². The Morgan fingerprint density at radius 2 is 1.87 bits per heavy atom. The zero-order chi connectivity index (χ0) is 10.8. The van der Waals surface area contributed by atoms with E-state index in [1.54, 1.807) is 0 Å². The molecule has 0 saturated carbocycles. The van der Waals surface area contributed by atoms with Gasteiger partial charge in [-0.25, -0.2) is 0 Å². The molecule has 0 N–H and O–H groups in total. The number of hydrogen-bond donors (Lipinski definition) is 0. The summed E-state index contributed by atoms with van der Waals surface area (Å²) in [4.78, 5) is 0. The predicted molar refractivity (Wildman–Crippen MR) is 66.5 cm³/mol. The molecule has 15 heavy (non-hydrogen) atoms. The SMILES string of the molecule is CCc1ccc2cccc(C(C)C)cc1-2. The molecule has 0 heterocycles. The zero-order valence-electron chi connectivity index (χ0n) is 9.75. The average molecular weight is 198 g/mol. The maximum atomic E-state index is 2.35. The van der Waals surface area contributed by atoms with Crippen LogP contribution in [-0.4, -0.2) is 0 Å². The van der Waals surface area contributed by atoms with E-state index in [-0.39, 0.29) is 0 Å². The highest BCUT2D eigenvalue weighted by molar-refractivity contribution is 5.71. The van der Waals surface area contributed by atoms with E-state index in [0.29, 0.717) is 5.92 Å². The van der Waals surface area contributed by atoms with Gasteiger partial charge in [-0.15, -0.1) is 0 Å². The van der Waals surface area contributed by atoms with Gasteiger partial charge in [-0.05, 0) is 34.6 Å². The minimum atomic E-state index is 0.597. The van der Waals surface area contributed by atoms with Crippen LogP contribution in [0.5, 0.6) is 0 Å². The van der Waals surface area contributed by atoms with Gasteiger partial charge in [-0.3, -0.25) is 0 Å². The van der Waals surface area contributed by atoms with Crippen molar-refractivity contribution in [2.75, 3.05) is 0 Å². The number of aryl methyl sites for hydroxylation is 1. The molecule has 0 nitrogen and oxygen atoms in total. The van der Waals surface area contributed by atoms with Gasteiger partial charge in [-0.2, -0.15) is 0 Å². The van der Waals surface area contributed by atoms with Crippen LogP contribution in [0.1, 0.15) is 37.8 Å². The molecule has 0 aliphatic heterocycles. The molecular formula is C15H18. The Hall–Kier alpha value is -1.30. The molecule has 0 aromatic rings. The fourth-order valence-electron chi connectivity index (χ4n) is 2.02. The first kappa shape index (κ1) is 10.2. The van der Waals surface area contributed by atoms with Crippen LogP contribution in [-0.2, 0) is 6.42 Å². The lowest BCUT2D eigenvalue weighted by Crippen LogP contribution is -1.85. The lowest BCUT2D eigenvalue weighted by molar-refractivity contribution is 0.868. The van der Waals surface area contributed by atoms with E-state index in [9.17, 15) is 0 Å². The van der Waals surface area contributed by atoms with Gasteiger partial charge in [-0.1, -0.05) is 57.2 Å². The van der Waals surface area contributed by atoms with E-state index in [2.05, 4.69) is 57.2 Å². The van der Waals surface area contributed by atoms with Gasteiger partial charge < -0.3 is 0 Å². The summed E-state index contributed by atoms with van der Waals surface area (Å²) in [6.45, 7) is 6.71. The minimum absolute atomic E-state index is 0.597. The summed E-state index contributed by atoms with van der Waals surface area (Å²) in [7, 11) is 0. The molecular weight excluding hydrogens is 180 g/mol. The Morgan fingerprint density at radius 1 is 1.07 bits per heavy atom. The fraction of sp³-hybridized carbons (Fsp3) is 0.333. The van der Waals surface area contributed by atoms with E-state index in [1.807, 2.05) is 0 Å². The Morgan fingerprint density at radius 3 is 2.53 bits per heavy atom. The number of rotatable bonds is 2. The molecule has 0 unspecified atom stereocenters. The maximum Gasteiger partial charge on any atom is -0.0149 e. The van der Waals surface area contributed by atoms with Crippen LogP contribution in [0, 0.1) is 0 Å². The van der Waals surface area contributed by atoms with Gasteiger partial charge in [0.15, 0.2) is 0 Å². The molecule has 0 saturated heterocycles. The zero-order valence-corrected chi connectivity index (χ0v) is 9.75. The third kappa shape index (κ3) is 1.90. The van der Waals surface area contributed by atoms with Gasteiger partial charge in [0.25, 0.3) is 0 Å². The van der Waals surface area contributed by atoms with Crippen molar-refractivity contribution in [3.8, 4) is 11.1 Å². The average Bonchev–Trinajstić information content (AvgIpc) is 2.46. The van der Waals surface area contributed by atoms with Crippen LogP contribution in [0.2, 0.25) is 0 Å². The Balaban J connectivity index is 2.61. The normalized spacial score (nSPS) is 11.2. The largest absolute Gasteiger partial charge is 0.0614 e. The lowest BCUT2D eigenvalue weighted by Gasteiger charge is -2.03. The highest BCUT2D eigenvalue weighted by Crippen LogP contribution is 2.29. The van der Waals surface area contributed by atoms with Crippen LogP contribution in [0.15, 0.2) is 36.4 Å². The minimum Gasteiger partial charge on any atom is -0.0614 e. The van der Waals surface area contributed by atoms with Crippen molar-refractivity contribution in [1.29, 1.82) is 0 Å². The van der Waals surface area contributed by atoms with E-state index >= 15 is 0 Å².